The zero-order valence-corrected chi connectivity index (χ0v) is 22.5. The number of hydrogen-bond acceptors (Lipinski definition) is 10. The molecule has 1 aliphatic rings. The van der Waals surface area contributed by atoms with Gasteiger partial charge in [0.05, 0.1) is 57.3 Å². The van der Waals surface area contributed by atoms with Gasteiger partial charge in [0.1, 0.15) is 6.04 Å². The average Bonchev–Trinajstić information content (AvgIpc) is 3.58. The van der Waals surface area contributed by atoms with Gasteiger partial charge in [0.15, 0.2) is 0 Å². The normalized spacial score (nSPS) is 13.3. The summed E-state index contributed by atoms with van der Waals surface area (Å²) in [5.74, 6) is 0.134. The predicted octanol–water partition coefficient (Wildman–Crippen LogP) is 2.25. The van der Waals surface area contributed by atoms with Crippen LogP contribution in [0, 0.1) is 6.92 Å². The summed E-state index contributed by atoms with van der Waals surface area (Å²) in [7, 11) is 2.99. The minimum atomic E-state index is -0.377. The molecule has 0 spiro atoms. The molecule has 0 saturated carbocycles. The molecule has 1 aliphatic heterocycles. The minimum absolute atomic E-state index is 0.0665. The number of carbonyl (C=O) groups is 2. The maximum atomic E-state index is 13.3. The van der Waals surface area contributed by atoms with E-state index in [1.807, 2.05) is 37.3 Å². The van der Waals surface area contributed by atoms with Crippen molar-refractivity contribution < 1.29 is 23.8 Å². The Morgan fingerprint density at radius 2 is 1.95 bits per heavy atom. The van der Waals surface area contributed by atoms with Gasteiger partial charge in [-0.1, -0.05) is 12.1 Å². The standard InChI is InChI=1S/C26H31N9O5/c1-17-4-5-18(24-30-32-35(31-24)20-15-33(16-20)26(37)39-3)12-22(17)29-25(36)21-14-28-34-8-6-19(13-23(21)34)27-7-9-40-11-10-38-2/h4-6,8,12-14,20,27H,7,9-11,15-16H2,1-3H3,(H,29,36). The molecule has 14 nitrogen and oxygen atoms in total. The number of nitrogens with one attached hydrogen (secondary N) is 2. The number of benzene rings is 1. The van der Waals surface area contributed by atoms with Crippen LogP contribution in [0.3, 0.4) is 0 Å². The summed E-state index contributed by atoms with van der Waals surface area (Å²) in [5, 5.41) is 23.4. The highest BCUT2D eigenvalue weighted by molar-refractivity contribution is 6.09. The molecule has 0 radical (unpaired) electrons. The fourth-order valence-electron chi connectivity index (χ4n) is 4.24. The first-order valence-electron chi connectivity index (χ1n) is 12.8. The number of nitrogens with zero attached hydrogens (tertiary/aromatic N) is 7. The van der Waals surface area contributed by atoms with Crippen molar-refractivity contribution in [1.82, 2.24) is 34.7 Å². The fraction of sp³-hybridized carbons (Fsp3) is 0.385. The number of pyridine rings is 1. The maximum absolute atomic E-state index is 13.3. The Morgan fingerprint density at radius 3 is 2.75 bits per heavy atom. The lowest BCUT2D eigenvalue weighted by Gasteiger charge is -2.36. The van der Waals surface area contributed by atoms with Crippen LogP contribution in [0.2, 0.25) is 0 Å². The van der Waals surface area contributed by atoms with Crippen molar-refractivity contribution in [3.8, 4) is 11.4 Å². The van der Waals surface area contributed by atoms with Gasteiger partial charge in [-0.3, -0.25) is 4.79 Å². The van der Waals surface area contributed by atoms with Crippen molar-refractivity contribution >= 4 is 28.9 Å². The highest BCUT2D eigenvalue weighted by atomic mass is 16.5. The molecule has 5 rings (SSSR count). The van der Waals surface area contributed by atoms with Gasteiger partial charge in [-0.05, 0) is 35.9 Å². The number of tetrazole rings is 1. The van der Waals surface area contributed by atoms with Crippen LogP contribution in [0.4, 0.5) is 16.2 Å². The number of anilines is 2. The second-order valence-electron chi connectivity index (χ2n) is 9.28. The number of fused-ring (bicyclic) bond motifs is 1. The molecular weight excluding hydrogens is 518 g/mol. The van der Waals surface area contributed by atoms with Gasteiger partial charge >= 0.3 is 6.09 Å². The van der Waals surface area contributed by atoms with Gasteiger partial charge in [-0.25, -0.2) is 9.31 Å². The Balaban J connectivity index is 1.25. The number of aryl methyl sites for hydroxylation is 1. The molecule has 2 amide bonds. The number of hydrogen-bond donors (Lipinski definition) is 2. The summed E-state index contributed by atoms with van der Waals surface area (Å²) in [6.45, 7) is 5.06. The van der Waals surface area contributed by atoms with E-state index in [2.05, 4.69) is 31.1 Å². The van der Waals surface area contributed by atoms with Crippen molar-refractivity contribution in [2.24, 2.45) is 0 Å². The van der Waals surface area contributed by atoms with Gasteiger partial charge in [0, 0.05) is 36.8 Å². The summed E-state index contributed by atoms with van der Waals surface area (Å²) in [6, 6.07) is 9.29. The molecule has 3 aromatic heterocycles. The quantitative estimate of drug-likeness (QED) is 0.267. The molecule has 1 fully saturated rings. The van der Waals surface area contributed by atoms with Gasteiger partial charge in [-0.2, -0.15) is 9.90 Å². The van der Waals surface area contributed by atoms with Crippen LogP contribution in [0.5, 0.6) is 0 Å². The first-order chi connectivity index (χ1) is 19.5. The molecular formula is C26H31N9O5. The molecule has 1 saturated heterocycles. The summed E-state index contributed by atoms with van der Waals surface area (Å²) in [4.78, 5) is 28.0. The number of likely N-dealkylation sites (tertiary alicyclic amines) is 1. The van der Waals surface area contributed by atoms with Gasteiger partial charge in [0.2, 0.25) is 5.82 Å². The molecule has 40 heavy (non-hydrogen) atoms. The summed E-state index contributed by atoms with van der Waals surface area (Å²) in [6.07, 6.45) is 2.97. The number of ether oxygens (including phenoxy) is 3. The van der Waals surface area contributed by atoms with Crippen molar-refractivity contribution in [2.75, 3.05) is 64.3 Å². The van der Waals surface area contributed by atoms with E-state index in [0.29, 0.717) is 67.6 Å². The smallest absolute Gasteiger partial charge is 0.409 e. The van der Waals surface area contributed by atoms with Crippen molar-refractivity contribution in [3.63, 3.8) is 0 Å². The van der Waals surface area contributed by atoms with E-state index in [1.165, 1.54) is 11.9 Å². The van der Waals surface area contributed by atoms with E-state index >= 15 is 0 Å². The summed E-state index contributed by atoms with van der Waals surface area (Å²) in [5.41, 5.74) is 4.17. The summed E-state index contributed by atoms with van der Waals surface area (Å²) >= 11 is 0. The number of amides is 2. The van der Waals surface area contributed by atoms with Crippen molar-refractivity contribution in [2.45, 2.75) is 13.0 Å². The third kappa shape index (κ3) is 5.87. The van der Waals surface area contributed by atoms with Crippen LogP contribution in [-0.4, -0.2) is 100 Å². The zero-order valence-electron chi connectivity index (χ0n) is 22.5. The van der Waals surface area contributed by atoms with E-state index in [1.54, 1.807) is 28.9 Å². The molecule has 2 N–H and O–H groups in total. The van der Waals surface area contributed by atoms with Gasteiger partial charge < -0.3 is 29.7 Å². The number of methoxy groups -OCH3 is 2. The molecule has 0 bridgehead atoms. The van der Waals surface area contributed by atoms with Crippen LogP contribution >= 0.6 is 0 Å². The van der Waals surface area contributed by atoms with E-state index in [0.717, 1.165) is 11.3 Å². The third-order valence-electron chi connectivity index (χ3n) is 6.57. The zero-order chi connectivity index (χ0) is 28.1. The Kier molecular flexibility index (Phi) is 8.17. The Hall–Kier alpha value is -4.56. The van der Waals surface area contributed by atoms with Crippen molar-refractivity contribution in [1.29, 1.82) is 0 Å². The second kappa shape index (κ2) is 12.1. The molecule has 0 atom stereocenters. The second-order valence-corrected chi connectivity index (χ2v) is 9.28. The monoisotopic (exact) mass is 549 g/mol. The number of carbonyl (C=O) groups excluding carboxylic acids is 2. The Labute approximate surface area is 230 Å². The van der Waals surface area contributed by atoms with Crippen LogP contribution < -0.4 is 10.6 Å². The number of rotatable bonds is 11. The van der Waals surface area contributed by atoms with Gasteiger partial charge in [0.25, 0.3) is 5.91 Å². The summed E-state index contributed by atoms with van der Waals surface area (Å²) < 4.78 is 16.8. The highest BCUT2D eigenvalue weighted by Gasteiger charge is 2.34. The molecule has 14 heteroatoms. The molecule has 4 aromatic rings. The van der Waals surface area contributed by atoms with E-state index in [-0.39, 0.29) is 18.0 Å². The van der Waals surface area contributed by atoms with Gasteiger partial charge in [-0.15, -0.1) is 10.2 Å². The minimum Gasteiger partial charge on any atom is -0.453 e. The van der Waals surface area contributed by atoms with Crippen LogP contribution in [0.25, 0.3) is 16.9 Å². The van der Waals surface area contributed by atoms with Crippen LogP contribution in [-0.2, 0) is 14.2 Å². The van der Waals surface area contributed by atoms with E-state index in [4.69, 9.17) is 14.2 Å². The van der Waals surface area contributed by atoms with Crippen molar-refractivity contribution in [3.05, 3.63) is 53.9 Å². The lowest BCUT2D eigenvalue weighted by molar-refractivity contribution is 0.0621. The first-order valence-corrected chi connectivity index (χ1v) is 12.8. The maximum Gasteiger partial charge on any atom is 0.409 e. The first kappa shape index (κ1) is 27.0. The predicted molar refractivity (Wildman–Crippen MR) is 145 cm³/mol. The molecule has 210 valence electrons. The molecule has 1 aromatic carbocycles. The largest absolute Gasteiger partial charge is 0.453 e. The van der Waals surface area contributed by atoms with E-state index in [9.17, 15) is 9.59 Å². The molecule has 0 aliphatic carbocycles. The lowest BCUT2D eigenvalue weighted by atomic mass is 10.1. The Morgan fingerprint density at radius 1 is 1.10 bits per heavy atom. The SMILES string of the molecule is COCCOCCNc1ccn2ncc(C(=O)Nc3cc(-c4nnn(C5CN(C(=O)OC)C5)n4)ccc3C)c2c1. The Bertz CT molecular complexity index is 1490. The number of aromatic nitrogens is 6. The lowest BCUT2D eigenvalue weighted by Crippen LogP contribution is -2.51. The topological polar surface area (TPSA) is 150 Å². The molecule has 0 unspecified atom stereocenters. The average molecular weight is 550 g/mol. The third-order valence-corrected chi connectivity index (χ3v) is 6.57. The van der Waals surface area contributed by atoms with Crippen LogP contribution in [0.15, 0.2) is 42.7 Å². The fourth-order valence-corrected chi connectivity index (χ4v) is 4.24. The van der Waals surface area contributed by atoms with Crippen LogP contribution in [0.1, 0.15) is 22.0 Å². The molecule has 4 heterocycles. The highest BCUT2D eigenvalue weighted by Crippen LogP contribution is 2.26. The van der Waals surface area contributed by atoms with E-state index < -0.39 is 0 Å².